The Hall–Kier alpha value is -3.09. The quantitative estimate of drug-likeness (QED) is 0.758. The Morgan fingerprint density at radius 1 is 0.741 bits per heavy atom. The van der Waals surface area contributed by atoms with Gasteiger partial charge < -0.3 is 28.8 Å². The maximum absolute atomic E-state index is 12.7. The molecule has 0 aliphatic rings. The van der Waals surface area contributed by atoms with Gasteiger partial charge >= 0.3 is 0 Å². The summed E-state index contributed by atoms with van der Waals surface area (Å²) in [6.07, 6.45) is 0. The molecule has 2 aromatic carbocycles. The van der Waals surface area contributed by atoms with Crippen LogP contribution in [0.1, 0.15) is 24.0 Å². The van der Waals surface area contributed by atoms with Crippen LogP contribution in [0, 0.1) is 0 Å². The molecule has 7 heteroatoms. The van der Waals surface area contributed by atoms with Gasteiger partial charge in [-0.3, -0.25) is 4.79 Å². The molecule has 0 saturated heterocycles. The van der Waals surface area contributed by atoms with Crippen LogP contribution >= 0.6 is 0 Å². The lowest BCUT2D eigenvalue weighted by Crippen LogP contribution is -2.15. The number of rotatable bonds is 8. The minimum Gasteiger partial charge on any atom is -0.507 e. The largest absolute Gasteiger partial charge is 0.507 e. The van der Waals surface area contributed by atoms with Gasteiger partial charge in [-0.2, -0.15) is 0 Å². The minimum absolute atomic E-state index is 0.133. The standard InChI is InChI=1S/C20H24O7/c1-11(21)18(19-14(22)7-12(23-2)8-15(19)25-4)20-16(26-5)9-13(24-3)10-17(20)27-6/h7-10,18,22H,1-6H3. The molecule has 0 radical (unpaired) electrons. The molecule has 2 aromatic rings. The first kappa shape index (κ1) is 20.2. The van der Waals surface area contributed by atoms with Crippen LogP contribution < -0.4 is 23.7 Å². The van der Waals surface area contributed by atoms with Crippen LogP contribution in [-0.4, -0.2) is 46.4 Å². The zero-order valence-electron chi connectivity index (χ0n) is 16.3. The monoisotopic (exact) mass is 376 g/mol. The molecule has 0 saturated carbocycles. The summed E-state index contributed by atoms with van der Waals surface area (Å²) in [5.74, 6) is 0.771. The number of ether oxygens (including phenoxy) is 5. The van der Waals surface area contributed by atoms with Crippen molar-refractivity contribution in [2.75, 3.05) is 35.5 Å². The zero-order valence-corrected chi connectivity index (χ0v) is 16.3. The van der Waals surface area contributed by atoms with Crippen molar-refractivity contribution >= 4 is 5.78 Å². The number of ketones is 1. The molecule has 0 aromatic heterocycles. The van der Waals surface area contributed by atoms with Crippen molar-refractivity contribution in [1.82, 2.24) is 0 Å². The number of phenolic OH excluding ortho intramolecular Hbond substituents is 1. The van der Waals surface area contributed by atoms with Crippen molar-refractivity contribution in [3.05, 3.63) is 35.4 Å². The number of Topliss-reactive ketones (excluding diaryl/α,β-unsaturated/α-hetero) is 1. The Bertz CT molecular complexity index is 804. The highest BCUT2D eigenvalue weighted by Crippen LogP contribution is 2.48. The number of aromatic hydroxyl groups is 1. The fourth-order valence-electron chi connectivity index (χ4n) is 3.03. The number of methoxy groups -OCH3 is 5. The van der Waals surface area contributed by atoms with E-state index in [1.807, 2.05) is 0 Å². The van der Waals surface area contributed by atoms with Crippen molar-refractivity contribution in [3.63, 3.8) is 0 Å². The molecule has 0 amide bonds. The predicted molar refractivity (Wildman–Crippen MR) is 99.8 cm³/mol. The number of carbonyl (C=O) groups excluding carboxylic acids is 1. The van der Waals surface area contributed by atoms with E-state index < -0.39 is 5.92 Å². The summed E-state index contributed by atoms with van der Waals surface area (Å²) in [6.45, 7) is 1.43. The molecule has 2 rings (SSSR count). The Kier molecular flexibility index (Phi) is 6.39. The van der Waals surface area contributed by atoms with E-state index in [9.17, 15) is 9.90 Å². The SMILES string of the molecule is COc1cc(O)c(C(C(C)=O)c2c(OC)cc(OC)cc2OC)c(OC)c1. The molecule has 0 heterocycles. The van der Waals surface area contributed by atoms with Crippen molar-refractivity contribution in [2.24, 2.45) is 0 Å². The van der Waals surface area contributed by atoms with Crippen LogP contribution in [0.5, 0.6) is 34.5 Å². The van der Waals surface area contributed by atoms with Crippen LogP contribution in [0.25, 0.3) is 0 Å². The molecular weight excluding hydrogens is 352 g/mol. The van der Waals surface area contributed by atoms with Gasteiger partial charge in [0.05, 0.1) is 52.6 Å². The van der Waals surface area contributed by atoms with E-state index >= 15 is 0 Å². The molecule has 1 atom stereocenters. The summed E-state index contributed by atoms with van der Waals surface area (Å²) in [6, 6.07) is 6.34. The number of phenols is 1. The Balaban J connectivity index is 2.83. The van der Waals surface area contributed by atoms with Crippen LogP contribution in [-0.2, 0) is 4.79 Å². The van der Waals surface area contributed by atoms with Gasteiger partial charge in [0.1, 0.15) is 40.3 Å². The molecule has 0 aliphatic heterocycles. The van der Waals surface area contributed by atoms with Crippen LogP contribution in [0.15, 0.2) is 24.3 Å². The molecule has 0 bridgehead atoms. The van der Waals surface area contributed by atoms with Gasteiger partial charge in [0.25, 0.3) is 0 Å². The van der Waals surface area contributed by atoms with E-state index in [1.165, 1.54) is 48.5 Å². The fraction of sp³-hybridized carbons (Fsp3) is 0.350. The topological polar surface area (TPSA) is 83.5 Å². The Morgan fingerprint density at radius 3 is 1.52 bits per heavy atom. The van der Waals surface area contributed by atoms with E-state index in [-0.39, 0.29) is 11.5 Å². The highest BCUT2D eigenvalue weighted by molar-refractivity contribution is 5.90. The highest BCUT2D eigenvalue weighted by atomic mass is 16.5. The van der Waals surface area contributed by atoms with Gasteiger partial charge in [-0.25, -0.2) is 0 Å². The van der Waals surface area contributed by atoms with E-state index in [1.54, 1.807) is 18.2 Å². The fourth-order valence-corrected chi connectivity index (χ4v) is 3.03. The highest BCUT2D eigenvalue weighted by Gasteiger charge is 2.32. The maximum atomic E-state index is 12.7. The Labute approximate surface area is 158 Å². The van der Waals surface area contributed by atoms with E-state index in [0.29, 0.717) is 39.9 Å². The van der Waals surface area contributed by atoms with Gasteiger partial charge in [0.2, 0.25) is 0 Å². The molecular formula is C20H24O7. The third-order valence-electron chi connectivity index (χ3n) is 4.29. The van der Waals surface area contributed by atoms with Crippen molar-refractivity contribution in [3.8, 4) is 34.5 Å². The normalized spacial score (nSPS) is 11.5. The molecule has 0 aliphatic carbocycles. The summed E-state index contributed by atoms with van der Waals surface area (Å²) in [5, 5.41) is 10.6. The lowest BCUT2D eigenvalue weighted by molar-refractivity contribution is -0.117. The third kappa shape index (κ3) is 3.86. The molecule has 27 heavy (non-hydrogen) atoms. The van der Waals surface area contributed by atoms with Crippen LogP contribution in [0.2, 0.25) is 0 Å². The average Bonchev–Trinajstić information content (AvgIpc) is 2.68. The third-order valence-corrected chi connectivity index (χ3v) is 4.29. The van der Waals surface area contributed by atoms with Crippen molar-refractivity contribution in [2.45, 2.75) is 12.8 Å². The summed E-state index contributed by atoms with van der Waals surface area (Å²) in [5.41, 5.74) is 0.764. The number of hydrogen-bond acceptors (Lipinski definition) is 7. The van der Waals surface area contributed by atoms with Crippen LogP contribution in [0.4, 0.5) is 0 Å². The molecule has 1 unspecified atom stereocenters. The van der Waals surface area contributed by atoms with E-state index in [4.69, 9.17) is 23.7 Å². The molecule has 1 N–H and O–H groups in total. The van der Waals surface area contributed by atoms with Gasteiger partial charge in [0, 0.05) is 24.3 Å². The van der Waals surface area contributed by atoms with Crippen molar-refractivity contribution in [1.29, 1.82) is 0 Å². The van der Waals surface area contributed by atoms with Gasteiger partial charge in [-0.15, -0.1) is 0 Å². The van der Waals surface area contributed by atoms with Gasteiger partial charge in [0.15, 0.2) is 0 Å². The lowest BCUT2D eigenvalue weighted by atomic mass is 9.85. The number of carbonyl (C=O) groups is 1. The number of benzene rings is 2. The smallest absolute Gasteiger partial charge is 0.142 e. The average molecular weight is 376 g/mol. The summed E-state index contributed by atoms with van der Waals surface area (Å²) >= 11 is 0. The maximum Gasteiger partial charge on any atom is 0.142 e. The first-order valence-electron chi connectivity index (χ1n) is 8.17. The van der Waals surface area contributed by atoms with Crippen molar-refractivity contribution < 1.29 is 33.6 Å². The first-order valence-corrected chi connectivity index (χ1v) is 8.17. The van der Waals surface area contributed by atoms with E-state index in [0.717, 1.165) is 0 Å². The predicted octanol–water partition coefficient (Wildman–Crippen LogP) is 3.16. The van der Waals surface area contributed by atoms with Gasteiger partial charge in [-0.05, 0) is 6.92 Å². The second kappa shape index (κ2) is 8.53. The zero-order chi connectivity index (χ0) is 20.1. The first-order chi connectivity index (χ1) is 12.9. The second-order valence-electron chi connectivity index (χ2n) is 5.75. The molecule has 0 spiro atoms. The summed E-state index contributed by atoms with van der Waals surface area (Å²) < 4.78 is 26.8. The van der Waals surface area contributed by atoms with Gasteiger partial charge in [-0.1, -0.05) is 0 Å². The second-order valence-corrected chi connectivity index (χ2v) is 5.75. The summed E-state index contributed by atoms with van der Waals surface area (Å²) in [7, 11) is 7.43. The molecule has 146 valence electrons. The Morgan fingerprint density at radius 2 is 1.15 bits per heavy atom. The minimum atomic E-state index is -0.887. The van der Waals surface area contributed by atoms with Crippen LogP contribution in [0.3, 0.4) is 0 Å². The summed E-state index contributed by atoms with van der Waals surface area (Å²) in [4.78, 5) is 12.7. The lowest BCUT2D eigenvalue weighted by Gasteiger charge is -2.24. The number of hydrogen-bond donors (Lipinski definition) is 1. The van der Waals surface area contributed by atoms with E-state index in [2.05, 4.69) is 0 Å². The molecule has 0 fully saturated rings. The molecule has 7 nitrogen and oxygen atoms in total.